The van der Waals surface area contributed by atoms with Crippen LogP contribution in [0.4, 0.5) is 0 Å². The van der Waals surface area contributed by atoms with Crippen molar-refractivity contribution in [3.05, 3.63) is 18.0 Å². The van der Waals surface area contributed by atoms with Crippen LogP contribution in [-0.2, 0) is 20.8 Å². The summed E-state index contributed by atoms with van der Waals surface area (Å²) >= 11 is 0. The van der Waals surface area contributed by atoms with Crippen LogP contribution in [-0.4, -0.2) is 82.0 Å². The van der Waals surface area contributed by atoms with E-state index in [0.717, 1.165) is 25.7 Å². The SMILES string of the molecule is CCn1nccc1C(=O)N1CCC(N2C(=O)C(OCC3CC3)C23CCOCC3)CC1. The molecule has 8 nitrogen and oxygen atoms in total. The molecule has 1 unspecified atom stereocenters. The fourth-order valence-corrected chi connectivity index (χ4v) is 5.41. The van der Waals surface area contributed by atoms with E-state index in [-0.39, 0.29) is 29.5 Å². The Labute approximate surface area is 177 Å². The number of ether oxygens (including phenoxy) is 2. The number of hydrogen-bond donors (Lipinski definition) is 0. The maximum absolute atomic E-state index is 13.1. The van der Waals surface area contributed by atoms with Crippen molar-refractivity contribution in [2.75, 3.05) is 32.9 Å². The molecule has 1 saturated carbocycles. The first-order valence-corrected chi connectivity index (χ1v) is 11.5. The molecule has 0 aromatic carbocycles. The van der Waals surface area contributed by atoms with Crippen LogP contribution in [0.15, 0.2) is 12.3 Å². The Hall–Kier alpha value is -1.93. The maximum Gasteiger partial charge on any atom is 0.272 e. The minimum absolute atomic E-state index is 0.0363. The summed E-state index contributed by atoms with van der Waals surface area (Å²) in [5.74, 6) is 0.829. The summed E-state index contributed by atoms with van der Waals surface area (Å²) < 4.78 is 13.5. The van der Waals surface area contributed by atoms with Gasteiger partial charge in [0.1, 0.15) is 5.69 Å². The molecular formula is C22H32N4O4. The van der Waals surface area contributed by atoms with Crippen molar-refractivity contribution in [3.8, 4) is 0 Å². The quantitative estimate of drug-likeness (QED) is 0.660. The summed E-state index contributed by atoms with van der Waals surface area (Å²) in [6.07, 6.45) is 7.16. The Morgan fingerprint density at radius 3 is 2.63 bits per heavy atom. The molecule has 4 heterocycles. The number of carbonyl (C=O) groups excluding carboxylic acids is 2. The van der Waals surface area contributed by atoms with Crippen LogP contribution in [0.25, 0.3) is 0 Å². The van der Waals surface area contributed by atoms with E-state index in [1.807, 2.05) is 11.8 Å². The lowest BCUT2D eigenvalue weighted by Crippen LogP contribution is -2.79. The maximum atomic E-state index is 13.1. The van der Waals surface area contributed by atoms with E-state index in [1.54, 1.807) is 16.9 Å². The van der Waals surface area contributed by atoms with E-state index in [9.17, 15) is 9.59 Å². The summed E-state index contributed by atoms with van der Waals surface area (Å²) in [5.41, 5.74) is 0.437. The van der Waals surface area contributed by atoms with E-state index in [1.165, 1.54) is 12.8 Å². The van der Waals surface area contributed by atoms with Gasteiger partial charge < -0.3 is 19.3 Å². The van der Waals surface area contributed by atoms with Crippen LogP contribution in [0.5, 0.6) is 0 Å². The van der Waals surface area contributed by atoms with Crippen molar-refractivity contribution in [2.24, 2.45) is 5.92 Å². The van der Waals surface area contributed by atoms with Gasteiger partial charge in [0.2, 0.25) is 0 Å². The third-order valence-electron chi connectivity index (χ3n) is 7.34. The number of amides is 2. The highest BCUT2D eigenvalue weighted by Gasteiger charge is 2.63. The predicted octanol–water partition coefficient (Wildman–Crippen LogP) is 1.69. The summed E-state index contributed by atoms with van der Waals surface area (Å²) in [6, 6.07) is 1.96. The van der Waals surface area contributed by atoms with E-state index in [0.29, 0.717) is 51.1 Å². The number of β-lactam (4-membered cyclic amide) rings is 1. The fraction of sp³-hybridized carbons (Fsp3) is 0.773. The van der Waals surface area contributed by atoms with Gasteiger partial charge in [-0.2, -0.15) is 5.10 Å². The average Bonchev–Trinajstić information content (AvgIpc) is 3.48. The number of aryl methyl sites for hydroxylation is 1. The molecule has 0 N–H and O–H groups in total. The van der Waals surface area contributed by atoms with Crippen molar-refractivity contribution in [1.29, 1.82) is 0 Å². The highest BCUT2D eigenvalue weighted by molar-refractivity contribution is 5.93. The largest absolute Gasteiger partial charge is 0.381 e. The van der Waals surface area contributed by atoms with E-state index < -0.39 is 0 Å². The molecule has 1 aliphatic carbocycles. The van der Waals surface area contributed by atoms with Crippen LogP contribution < -0.4 is 0 Å². The molecule has 4 aliphatic rings. The minimum Gasteiger partial charge on any atom is -0.381 e. The number of hydrogen-bond acceptors (Lipinski definition) is 5. The van der Waals surface area contributed by atoms with Gasteiger partial charge in [-0.1, -0.05) is 0 Å². The molecule has 3 aliphatic heterocycles. The third-order valence-corrected chi connectivity index (χ3v) is 7.34. The minimum atomic E-state index is -0.305. The molecule has 3 saturated heterocycles. The molecule has 164 valence electrons. The normalized spacial score (nSPS) is 26.8. The number of piperidine rings is 1. The molecular weight excluding hydrogens is 384 g/mol. The molecule has 4 fully saturated rings. The van der Waals surface area contributed by atoms with Gasteiger partial charge in [0.15, 0.2) is 6.10 Å². The lowest BCUT2D eigenvalue weighted by atomic mass is 9.72. The Morgan fingerprint density at radius 1 is 1.23 bits per heavy atom. The number of rotatable bonds is 6. The van der Waals surface area contributed by atoms with E-state index in [4.69, 9.17) is 9.47 Å². The van der Waals surface area contributed by atoms with Gasteiger partial charge in [-0.15, -0.1) is 0 Å². The fourth-order valence-electron chi connectivity index (χ4n) is 5.41. The van der Waals surface area contributed by atoms with E-state index in [2.05, 4.69) is 10.00 Å². The van der Waals surface area contributed by atoms with Gasteiger partial charge in [0.05, 0.1) is 12.1 Å². The summed E-state index contributed by atoms with van der Waals surface area (Å²) in [4.78, 5) is 30.1. The van der Waals surface area contributed by atoms with Crippen molar-refractivity contribution in [2.45, 2.75) is 69.7 Å². The molecule has 1 spiro atoms. The standard InChI is InChI=1S/C22H32N4O4/c1-2-25-18(5-10-23-25)20(27)24-11-6-17(7-12-24)26-21(28)19(30-15-16-3-4-16)22(26)8-13-29-14-9-22/h5,10,16-17,19H,2-4,6-9,11-15H2,1H3. The zero-order chi connectivity index (χ0) is 20.7. The molecule has 8 heteroatoms. The van der Waals surface area contributed by atoms with Crippen molar-refractivity contribution in [1.82, 2.24) is 19.6 Å². The topological polar surface area (TPSA) is 76.9 Å². The summed E-state index contributed by atoms with van der Waals surface area (Å²) in [7, 11) is 0. The Bertz CT molecular complexity index is 791. The van der Waals surface area contributed by atoms with Gasteiger partial charge in [-0.05, 0) is 57.4 Å². The number of carbonyl (C=O) groups is 2. The van der Waals surface area contributed by atoms with Crippen LogP contribution in [0.1, 0.15) is 55.9 Å². The van der Waals surface area contributed by atoms with Crippen LogP contribution >= 0.6 is 0 Å². The first-order chi connectivity index (χ1) is 14.6. The second-order valence-corrected chi connectivity index (χ2v) is 9.14. The molecule has 1 atom stereocenters. The van der Waals surface area contributed by atoms with Crippen molar-refractivity contribution < 1.29 is 19.1 Å². The highest BCUT2D eigenvalue weighted by Crippen LogP contribution is 2.46. The van der Waals surface area contributed by atoms with Crippen LogP contribution in [0, 0.1) is 5.92 Å². The lowest BCUT2D eigenvalue weighted by molar-refractivity contribution is -0.219. The Kier molecular flexibility index (Phi) is 5.31. The van der Waals surface area contributed by atoms with Crippen LogP contribution in [0.3, 0.4) is 0 Å². The molecule has 0 radical (unpaired) electrons. The molecule has 5 rings (SSSR count). The Morgan fingerprint density at radius 2 is 1.97 bits per heavy atom. The molecule has 30 heavy (non-hydrogen) atoms. The second-order valence-electron chi connectivity index (χ2n) is 9.14. The third kappa shape index (κ3) is 3.34. The first kappa shape index (κ1) is 20.0. The highest BCUT2D eigenvalue weighted by atomic mass is 16.5. The molecule has 1 aromatic rings. The van der Waals surface area contributed by atoms with Crippen molar-refractivity contribution >= 4 is 11.8 Å². The molecule has 2 amide bonds. The zero-order valence-corrected chi connectivity index (χ0v) is 17.8. The summed E-state index contributed by atoms with van der Waals surface area (Å²) in [6.45, 7) is 6.09. The van der Waals surface area contributed by atoms with E-state index >= 15 is 0 Å². The van der Waals surface area contributed by atoms with Crippen molar-refractivity contribution in [3.63, 3.8) is 0 Å². The molecule has 0 bridgehead atoms. The zero-order valence-electron chi connectivity index (χ0n) is 17.8. The summed E-state index contributed by atoms with van der Waals surface area (Å²) in [5, 5.41) is 4.22. The number of aromatic nitrogens is 2. The lowest BCUT2D eigenvalue weighted by Gasteiger charge is -2.62. The molecule has 1 aromatic heterocycles. The van der Waals surface area contributed by atoms with Gasteiger partial charge in [-0.3, -0.25) is 14.3 Å². The second kappa shape index (κ2) is 7.96. The number of likely N-dealkylation sites (tertiary alicyclic amines) is 2. The smallest absolute Gasteiger partial charge is 0.272 e. The first-order valence-electron chi connectivity index (χ1n) is 11.5. The predicted molar refractivity (Wildman–Crippen MR) is 109 cm³/mol. The Balaban J connectivity index is 1.24. The monoisotopic (exact) mass is 416 g/mol. The van der Waals surface area contributed by atoms with Gasteiger partial charge in [0.25, 0.3) is 11.8 Å². The van der Waals surface area contributed by atoms with Gasteiger partial charge >= 0.3 is 0 Å². The average molecular weight is 417 g/mol. The van der Waals surface area contributed by atoms with Gasteiger partial charge in [0, 0.05) is 45.1 Å². The number of nitrogens with zero attached hydrogens (tertiary/aromatic N) is 4. The van der Waals surface area contributed by atoms with Crippen LogP contribution in [0.2, 0.25) is 0 Å². The van der Waals surface area contributed by atoms with Gasteiger partial charge in [-0.25, -0.2) is 0 Å².